The van der Waals surface area contributed by atoms with Gasteiger partial charge < -0.3 is 5.73 Å². The lowest BCUT2D eigenvalue weighted by atomic mass is 9.96. The molecule has 34 heavy (non-hydrogen) atoms. The number of benzene rings is 2. The molecule has 0 radical (unpaired) electrons. The van der Waals surface area contributed by atoms with Crippen molar-refractivity contribution >= 4 is 23.4 Å². The molecule has 0 spiro atoms. The number of anilines is 1. The van der Waals surface area contributed by atoms with Crippen LogP contribution in [0.25, 0.3) is 16.8 Å². The first-order valence-corrected chi connectivity index (χ1v) is 11.0. The fourth-order valence-corrected chi connectivity index (χ4v) is 4.24. The normalized spacial score (nSPS) is 10.4. The third-order valence-corrected chi connectivity index (χ3v) is 6.00. The minimum atomic E-state index is -0.817. The third-order valence-electron chi connectivity index (χ3n) is 5.02. The second kappa shape index (κ2) is 9.45. The van der Waals surface area contributed by atoms with E-state index in [2.05, 4.69) is 16.3 Å². The van der Waals surface area contributed by atoms with E-state index in [0.717, 1.165) is 17.3 Å². The van der Waals surface area contributed by atoms with Crippen molar-refractivity contribution in [3.63, 3.8) is 0 Å². The molecule has 0 amide bonds. The minimum absolute atomic E-state index is 0.0486. The maximum atomic E-state index is 13.0. The van der Waals surface area contributed by atoms with Gasteiger partial charge >= 0.3 is 11.3 Å². The first kappa shape index (κ1) is 22.5. The van der Waals surface area contributed by atoms with E-state index in [1.165, 1.54) is 4.68 Å². The van der Waals surface area contributed by atoms with Crippen molar-refractivity contribution < 1.29 is 14.0 Å². The molecule has 9 nitrogen and oxygen atoms in total. The molecule has 0 unspecified atom stereocenters. The highest BCUT2D eigenvalue weighted by Gasteiger charge is 2.31. The molecule has 10 heteroatoms. The van der Waals surface area contributed by atoms with E-state index in [0.29, 0.717) is 16.8 Å². The van der Waals surface area contributed by atoms with Gasteiger partial charge in [0, 0.05) is 17.7 Å². The number of rotatable bonds is 6. The van der Waals surface area contributed by atoms with Crippen LogP contribution in [0.4, 0.5) is 5.82 Å². The van der Waals surface area contributed by atoms with Crippen molar-refractivity contribution in [3.05, 3.63) is 87.4 Å². The quantitative estimate of drug-likeness (QED) is 0.248. The van der Waals surface area contributed by atoms with E-state index >= 15 is 0 Å². The molecule has 0 fully saturated rings. The number of aryl methyl sites for hydroxylation is 1. The summed E-state index contributed by atoms with van der Waals surface area (Å²) in [5, 5.41) is 22.2. The number of carbonyl (C=O) groups is 1. The fraction of sp³-hybridized carbons (Fsp3) is 0.0833. The van der Waals surface area contributed by atoms with Crippen LogP contribution in [-0.2, 0) is 0 Å². The van der Waals surface area contributed by atoms with Crippen LogP contribution < -0.4 is 16.0 Å². The number of hydrogen-bond acceptors (Lipinski definition) is 8. The lowest BCUT2D eigenvalue weighted by molar-refractivity contribution is -0.672. The smallest absolute Gasteiger partial charge is 0.383 e. The van der Waals surface area contributed by atoms with Crippen molar-refractivity contribution in [1.82, 2.24) is 10.3 Å². The highest BCUT2D eigenvalue weighted by atomic mass is 32.2. The first-order valence-electron chi connectivity index (χ1n) is 10.00. The molecule has 0 aliphatic carbocycles. The SMILES string of the molecule is Cc1ccc(-c2c(C#N)c(N)nc(SCC(=O)c3c(=O)o[nH][n+]3-c3ccccc3)c2C#N)cc1. The van der Waals surface area contributed by atoms with Crippen LogP contribution in [0.3, 0.4) is 0 Å². The summed E-state index contributed by atoms with van der Waals surface area (Å²) >= 11 is 0.956. The summed E-state index contributed by atoms with van der Waals surface area (Å²) in [5.74, 6) is -0.794. The van der Waals surface area contributed by atoms with E-state index in [-0.39, 0.29) is 33.4 Å². The fourth-order valence-electron chi connectivity index (χ4n) is 3.38. The minimum Gasteiger partial charge on any atom is -0.383 e. The average molecular weight is 470 g/mol. The number of carbonyl (C=O) groups excluding carboxylic acids is 1. The van der Waals surface area contributed by atoms with E-state index in [9.17, 15) is 20.1 Å². The summed E-state index contributed by atoms with van der Waals surface area (Å²) in [5.41, 5.74) is 7.78. The van der Waals surface area contributed by atoms with Gasteiger partial charge in [0.25, 0.3) is 0 Å². The second-order valence-corrected chi connectivity index (χ2v) is 8.19. The van der Waals surface area contributed by atoms with E-state index < -0.39 is 11.4 Å². The van der Waals surface area contributed by atoms with E-state index in [1.807, 2.05) is 25.1 Å². The summed E-state index contributed by atoms with van der Waals surface area (Å²) in [7, 11) is 0. The molecule has 166 valence electrons. The molecular formula is C24H17N6O3S+. The van der Waals surface area contributed by atoms with Gasteiger partial charge in [-0.3, -0.25) is 9.32 Å². The highest BCUT2D eigenvalue weighted by Crippen LogP contribution is 2.35. The monoisotopic (exact) mass is 469 g/mol. The zero-order valence-electron chi connectivity index (χ0n) is 17.9. The Morgan fingerprint density at radius 1 is 1.12 bits per heavy atom. The van der Waals surface area contributed by atoms with Crippen LogP contribution in [0.5, 0.6) is 0 Å². The van der Waals surface area contributed by atoms with E-state index in [4.69, 9.17) is 10.3 Å². The molecule has 0 saturated carbocycles. The van der Waals surface area contributed by atoms with Gasteiger partial charge in [-0.25, -0.2) is 9.78 Å². The zero-order valence-corrected chi connectivity index (χ0v) is 18.7. The number of nitrogens with zero attached hydrogens (tertiary/aromatic N) is 4. The number of para-hydroxylation sites is 1. The van der Waals surface area contributed by atoms with Crippen LogP contribution in [0.2, 0.25) is 0 Å². The van der Waals surface area contributed by atoms with Crippen molar-refractivity contribution in [2.75, 3.05) is 11.5 Å². The Balaban J connectivity index is 1.72. The van der Waals surface area contributed by atoms with Crippen molar-refractivity contribution in [1.29, 1.82) is 10.5 Å². The lowest BCUT2D eigenvalue weighted by Gasteiger charge is -2.12. The summed E-state index contributed by atoms with van der Waals surface area (Å²) in [4.78, 5) is 29.4. The number of H-pyrrole nitrogens is 1. The zero-order chi connectivity index (χ0) is 24.2. The Hall–Kier alpha value is -4.67. The number of Topliss-reactive ketones (excluding diaryl/α,β-unsaturated/α-hetero) is 1. The van der Waals surface area contributed by atoms with Crippen LogP contribution in [-0.4, -0.2) is 21.8 Å². The average Bonchev–Trinajstić information content (AvgIpc) is 3.24. The number of nitriles is 2. The van der Waals surface area contributed by atoms with Gasteiger partial charge in [-0.1, -0.05) is 59.8 Å². The Morgan fingerprint density at radius 3 is 2.44 bits per heavy atom. The molecular weight excluding hydrogens is 452 g/mol. The van der Waals surface area contributed by atoms with Crippen LogP contribution >= 0.6 is 11.8 Å². The number of thioether (sulfide) groups is 1. The molecule has 4 aromatic rings. The lowest BCUT2D eigenvalue weighted by Crippen LogP contribution is -2.41. The Morgan fingerprint density at radius 2 is 1.79 bits per heavy atom. The van der Waals surface area contributed by atoms with Gasteiger partial charge in [-0.15, -0.1) is 0 Å². The standard InChI is InChI=1S/C24H16N6O3S/c1-14-7-9-15(10-8-14)20-17(11-25)22(27)28-23(18(20)12-26)34-13-19(31)21-24(32)33-29-30(21)16-5-3-2-4-6-16/h2-10H,13H2,1H3,(H2-,27,28,29,31,32)/p+1. The first-order chi connectivity index (χ1) is 16.4. The number of pyridine rings is 1. The Bertz CT molecular complexity index is 1530. The van der Waals surface area contributed by atoms with Crippen LogP contribution in [0.15, 0.2) is 68.9 Å². The van der Waals surface area contributed by atoms with Crippen LogP contribution in [0, 0.1) is 29.6 Å². The summed E-state index contributed by atoms with van der Waals surface area (Å²) in [6, 6.07) is 20.1. The molecule has 2 heterocycles. The van der Waals surface area contributed by atoms with Gasteiger partial charge in [0.15, 0.2) is 0 Å². The number of aromatic nitrogens is 3. The number of nitrogens with two attached hydrogens (primary N) is 1. The molecule has 0 saturated heterocycles. The molecule has 0 aliphatic heterocycles. The molecule has 2 aromatic carbocycles. The largest absolute Gasteiger partial charge is 0.438 e. The summed E-state index contributed by atoms with van der Waals surface area (Å²) < 4.78 is 6.09. The maximum Gasteiger partial charge on any atom is 0.438 e. The third kappa shape index (κ3) is 4.18. The predicted octanol–water partition coefficient (Wildman–Crippen LogP) is 2.92. The number of nitrogen functional groups attached to an aromatic ring is 1. The number of ketones is 1. The van der Waals surface area contributed by atoms with Crippen LogP contribution in [0.1, 0.15) is 27.2 Å². The number of aromatic amines is 1. The molecule has 0 atom stereocenters. The maximum absolute atomic E-state index is 13.0. The highest BCUT2D eigenvalue weighted by molar-refractivity contribution is 8.00. The topological polar surface area (TPSA) is 153 Å². The summed E-state index contributed by atoms with van der Waals surface area (Å²) in [6.45, 7) is 1.92. The van der Waals surface area contributed by atoms with Crippen molar-refractivity contribution in [2.24, 2.45) is 0 Å². The molecule has 2 aromatic heterocycles. The van der Waals surface area contributed by atoms with Gasteiger partial charge in [-0.05, 0) is 22.4 Å². The summed E-state index contributed by atoms with van der Waals surface area (Å²) in [6.07, 6.45) is 0. The van der Waals surface area contributed by atoms with Crippen molar-refractivity contribution in [2.45, 2.75) is 11.9 Å². The molecule has 4 rings (SSSR count). The van der Waals surface area contributed by atoms with Crippen molar-refractivity contribution in [3.8, 4) is 29.0 Å². The van der Waals surface area contributed by atoms with E-state index in [1.54, 1.807) is 42.5 Å². The number of nitrogens with one attached hydrogen (secondary N) is 1. The van der Waals surface area contributed by atoms with Gasteiger partial charge in [0.2, 0.25) is 11.5 Å². The molecule has 0 bridgehead atoms. The molecule has 3 N–H and O–H groups in total. The predicted molar refractivity (Wildman–Crippen MR) is 124 cm³/mol. The Kier molecular flexibility index (Phi) is 6.26. The van der Waals surface area contributed by atoms with Gasteiger partial charge in [0.05, 0.1) is 11.3 Å². The number of hydrogen-bond donors (Lipinski definition) is 2. The molecule has 0 aliphatic rings. The van der Waals surface area contributed by atoms with Gasteiger partial charge in [-0.2, -0.15) is 10.5 Å². The second-order valence-electron chi connectivity index (χ2n) is 7.23. The Labute approximate surface area is 198 Å². The van der Waals surface area contributed by atoms with Gasteiger partial charge in [0.1, 0.15) is 28.5 Å².